The van der Waals surface area contributed by atoms with Crippen LogP contribution >= 0.6 is 22.6 Å². The molecule has 9 heavy (non-hydrogen) atoms. The fourth-order valence-electron chi connectivity index (χ4n) is 0.507. The lowest BCUT2D eigenvalue weighted by Gasteiger charge is -2.01. The molecule has 0 radical (unpaired) electrons. The molecule has 1 N–H and O–H groups in total. The third kappa shape index (κ3) is 4.69. The molecule has 0 aliphatic heterocycles. The predicted octanol–water partition coefficient (Wildman–Crippen LogP) is 1.92. The number of carbonyl (C=O) groups is 1. The van der Waals surface area contributed by atoms with Crippen molar-refractivity contribution in [3.05, 3.63) is 0 Å². The summed E-state index contributed by atoms with van der Waals surface area (Å²) in [6.07, 6.45) is 1.81. The molecule has 54 valence electrons. The maximum atomic E-state index is 10.2. The molecule has 3 heteroatoms. The van der Waals surface area contributed by atoms with Crippen LogP contribution in [0.3, 0.4) is 0 Å². The van der Waals surface area contributed by atoms with E-state index in [0.717, 1.165) is 17.3 Å². The largest absolute Gasteiger partial charge is 0.481 e. The molecule has 0 rings (SSSR count). The van der Waals surface area contributed by atoms with Gasteiger partial charge in [-0.2, -0.15) is 0 Å². The molecule has 1 atom stereocenters. The number of halogens is 1. The van der Waals surface area contributed by atoms with E-state index in [1.54, 1.807) is 6.92 Å². The van der Waals surface area contributed by atoms with Crippen LogP contribution in [-0.2, 0) is 4.79 Å². The summed E-state index contributed by atoms with van der Waals surface area (Å²) >= 11 is 2.25. The summed E-state index contributed by atoms with van der Waals surface area (Å²) in [6.45, 7) is 1.74. The molecule has 0 saturated heterocycles. The van der Waals surface area contributed by atoms with Crippen molar-refractivity contribution in [3.63, 3.8) is 0 Å². The SMILES string of the molecule is CC(CCCI)C(=O)O. The van der Waals surface area contributed by atoms with Crippen molar-refractivity contribution in [2.45, 2.75) is 19.8 Å². The number of carboxylic acid groups (broad SMARTS) is 1. The number of hydrogen-bond donors (Lipinski definition) is 1. The molecule has 1 unspecified atom stereocenters. The molecule has 0 spiro atoms. The minimum atomic E-state index is -0.681. The van der Waals surface area contributed by atoms with Gasteiger partial charge >= 0.3 is 5.97 Å². The Kier molecular flexibility index (Phi) is 5.13. The van der Waals surface area contributed by atoms with Crippen LogP contribution in [0.4, 0.5) is 0 Å². The van der Waals surface area contributed by atoms with E-state index in [-0.39, 0.29) is 5.92 Å². The lowest BCUT2D eigenvalue weighted by molar-refractivity contribution is -0.141. The van der Waals surface area contributed by atoms with Gasteiger partial charge < -0.3 is 5.11 Å². The van der Waals surface area contributed by atoms with E-state index < -0.39 is 5.97 Å². The van der Waals surface area contributed by atoms with Gasteiger partial charge in [-0.3, -0.25) is 4.79 Å². The summed E-state index contributed by atoms with van der Waals surface area (Å²) in [6, 6.07) is 0. The van der Waals surface area contributed by atoms with Crippen LogP contribution < -0.4 is 0 Å². The third-order valence-electron chi connectivity index (χ3n) is 1.19. The van der Waals surface area contributed by atoms with Crippen LogP contribution in [0.15, 0.2) is 0 Å². The average Bonchev–Trinajstić information content (AvgIpc) is 1.82. The standard InChI is InChI=1S/C6H11IO2/c1-5(6(8)9)3-2-4-7/h5H,2-4H2,1H3,(H,8,9). The molecule has 0 heterocycles. The number of rotatable bonds is 4. The Labute approximate surface area is 68.8 Å². The highest BCUT2D eigenvalue weighted by atomic mass is 127. The Bertz CT molecular complexity index is 93.1. The van der Waals surface area contributed by atoms with E-state index in [0.29, 0.717) is 0 Å². The highest BCUT2D eigenvalue weighted by Crippen LogP contribution is 2.06. The highest BCUT2D eigenvalue weighted by molar-refractivity contribution is 14.1. The van der Waals surface area contributed by atoms with Gasteiger partial charge in [0, 0.05) is 0 Å². The molecule has 0 saturated carbocycles. The maximum absolute atomic E-state index is 10.2. The molecule has 0 aliphatic rings. The Morgan fingerprint density at radius 3 is 2.67 bits per heavy atom. The first-order chi connectivity index (χ1) is 4.18. The van der Waals surface area contributed by atoms with Crippen LogP contribution in [0.25, 0.3) is 0 Å². The first-order valence-electron chi connectivity index (χ1n) is 2.97. The van der Waals surface area contributed by atoms with Gasteiger partial charge in [-0.15, -0.1) is 0 Å². The summed E-state index contributed by atoms with van der Waals surface area (Å²) < 4.78 is 1.05. The van der Waals surface area contributed by atoms with Crippen molar-refractivity contribution in [2.24, 2.45) is 5.92 Å². The fraction of sp³-hybridized carbons (Fsp3) is 0.833. The molecule has 0 aromatic carbocycles. The molecular weight excluding hydrogens is 231 g/mol. The van der Waals surface area contributed by atoms with Gasteiger partial charge in [-0.1, -0.05) is 29.5 Å². The monoisotopic (exact) mass is 242 g/mol. The Hall–Kier alpha value is 0.200. The van der Waals surface area contributed by atoms with Crippen molar-refractivity contribution in [2.75, 3.05) is 4.43 Å². The normalized spacial score (nSPS) is 13.1. The van der Waals surface area contributed by atoms with Crippen molar-refractivity contribution >= 4 is 28.6 Å². The van der Waals surface area contributed by atoms with Crippen molar-refractivity contribution < 1.29 is 9.90 Å². The van der Waals surface area contributed by atoms with Crippen LogP contribution in [0.5, 0.6) is 0 Å². The summed E-state index contributed by atoms with van der Waals surface area (Å²) in [5.41, 5.74) is 0. The van der Waals surface area contributed by atoms with Crippen LogP contribution in [0.1, 0.15) is 19.8 Å². The minimum absolute atomic E-state index is 0.167. The summed E-state index contributed by atoms with van der Waals surface area (Å²) in [5.74, 6) is -0.848. The van der Waals surface area contributed by atoms with Gasteiger partial charge in [0.15, 0.2) is 0 Å². The predicted molar refractivity (Wildman–Crippen MR) is 44.9 cm³/mol. The highest BCUT2D eigenvalue weighted by Gasteiger charge is 2.08. The van der Waals surface area contributed by atoms with Gasteiger partial charge in [0.05, 0.1) is 5.92 Å². The summed E-state index contributed by atoms with van der Waals surface area (Å²) in [5, 5.41) is 8.41. The van der Waals surface area contributed by atoms with Gasteiger partial charge in [0.1, 0.15) is 0 Å². The van der Waals surface area contributed by atoms with E-state index in [1.165, 1.54) is 0 Å². The Balaban J connectivity index is 3.27. The second-order valence-electron chi connectivity index (χ2n) is 2.07. The molecule has 0 bridgehead atoms. The fourth-order valence-corrected chi connectivity index (χ4v) is 0.947. The van der Waals surface area contributed by atoms with Crippen LogP contribution in [-0.4, -0.2) is 15.5 Å². The second kappa shape index (κ2) is 5.02. The van der Waals surface area contributed by atoms with E-state index in [4.69, 9.17) is 5.11 Å². The van der Waals surface area contributed by atoms with Crippen molar-refractivity contribution in [1.82, 2.24) is 0 Å². The van der Waals surface area contributed by atoms with E-state index in [9.17, 15) is 4.79 Å². The Morgan fingerprint density at radius 1 is 1.78 bits per heavy atom. The quantitative estimate of drug-likeness (QED) is 0.604. The lowest BCUT2D eigenvalue weighted by atomic mass is 10.1. The molecule has 0 fully saturated rings. The van der Waals surface area contributed by atoms with Gasteiger partial charge in [0.2, 0.25) is 0 Å². The molecular formula is C6H11IO2. The molecule has 0 aliphatic carbocycles. The lowest BCUT2D eigenvalue weighted by Crippen LogP contribution is -2.08. The maximum Gasteiger partial charge on any atom is 0.306 e. The van der Waals surface area contributed by atoms with Gasteiger partial charge in [-0.05, 0) is 17.3 Å². The van der Waals surface area contributed by atoms with Gasteiger partial charge in [0.25, 0.3) is 0 Å². The summed E-state index contributed by atoms with van der Waals surface area (Å²) in [7, 11) is 0. The van der Waals surface area contributed by atoms with Crippen LogP contribution in [0.2, 0.25) is 0 Å². The first-order valence-corrected chi connectivity index (χ1v) is 4.49. The smallest absolute Gasteiger partial charge is 0.306 e. The summed E-state index contributed by atoms with van der Waals surface area (Å²) in [4.78, 5) is 10.2. The van der Waals surface area contributed by atoms with Crippen molar-refractivity contribution in [3.8, 4) is 0 Å². The number of carboxylic acids is 1. The first kappa shape index (κ1) is 9.20. The number of alkyl halides is 1. The Morgan fingerprint density at radius 2 is 2.33 bits per heavy atom. The van der Waals surface area contributed by atoms with Crippen LogP contribution in [0, 0.1) is 5.92 Å². The topological polar surface area (TPSA) is 37.3 Å². The zero-order valence-corrected chi connectivity index (χ0v) is 7.59. The second-order valence-corrected chi connectivity index (χ2v) is 3.15. The van der Waals surface area contributed by atoms with Crippen molar-refractivity contribution in [1.29, 1.82) is 0 Å². The molecule has 0 aromatic heterocycles. The number of aliphatic carboxylic acids is 1. The third-order valence-corrected chi connectivity index (χ3v) is 1.96. The zero-order valence-electron chi connectivity index (χ0n) is 5.43. The van der Waals surface area contributed by atoms with E-state index >= 15 is 0 Å². The van der Waals surface area contributed by atoms with Gasteiger partial charge in [-0.25, -0.2) is 0 Å². The minimum Gasteiger partial charge on any atom is -0.481 e. The van der Waals surface area contributed by atoms with E-state index in [2.05, 4.69) is 22.6 Å². The van der Waals surface area contributed by atoms with E-state index in [1.807, 2.05) is 0 Å². The molecule has 0 amide bonds. The zero-order chi connectivity index (χ0) is 7.28. The average molecular weight is 242 g/mol. The molecule has 2 nitrogen and oxygen atoms in total. The number of hydrogen-bond acceptors (Lipinski definition) is 1. The molecule has 0 aromatic rings.